The lowest BCUT2D eigenvalue weighted by Gasteiger charge is -2.23. The summed E-state index contributed by atoms with van der Waals surface area (Å²) in [5, 5.41) is 0.249. The van der Waals surface area contributed by atoms with Gasteiger partial charge in [0.15, 0.2) is 5.58 Å². The molecule has 1 unspecified atom stereocenters. The fourth-order valence-electron chi connectivity index (χ4n) is 2.40. The van der Waals surface area contributed by atoms with E-state index < -0.39 is 0 Å². The average molecular weight is 326 g/mol. The van der Waals surface area contributed by atoms with Gasteiger partial charge in [-0.05, 0) is 38.1 Å². The van der Waals surface area contributed by atoms with Crippen LogP contribution in [0.4, 0.5) is 5.69 Å². The van der Waals surface area contributed by atoms with Gasteiger partial charge in [0.25, 0.3) is 5.22 Å². The van der Waals surface area contributed by atoms with Gasteiger partial charge in [-0.15, -0.1) is 0 Å². The molecule has 0 fully saturated rings. The topological polar surface area (TPSA) is 46.3 Å². The van der Waals surface area contributed by atoms with E-state index in [9.17, 15) is 4.79 Å². The number of thioether (sulfide) groups is 1. The predicted molar refractivity (Wildman–Crippen MR) is 93.8 cm³/mol. The summed E-state index contributed by atoms with van der Waals surface area (Å²) in [7, 11) is 0. The van der Waals surface area contributed by atoms with Crippen molar-refractivity contribution in [2.75, 3.05) is 11.4 Å². The van der Waals surface area contributed by atoms with Crippen molar-refractivity contribution in [1.29, 1.82) is 0 Å². The van der Waals surface area contributed by atoms with Crippen LogP contribution in [-0.2, 0) is 4.79 Å². The molecule has 1 amide bonds. The van der Waals surface area contributed by atoms with E-state index in [1.165, 1.54) is 11.8 Å². The van der Waals surface area contributed by atoms with Crippen molar-refractivity contribution in [2.24, 2.45) is 0 Å². The maximum Gasteiger partial charge on any atom is 0.257 e. The number of aromatic nitrogens is 1. The van der Waals surface area contributed by atoms with Crippen molar-refractivity contribution in [2.45, 2.75) is 24.3 Å². The lowest BCUT2D eigenvalue weighted by atomic mass is 10.2. The molecule has 1 heterocycles. The standard InChI is InChI=1S/C18H18N2O2S/c1-3-20(14-9-5-4-6-10-14)17(21)13(2)23-18-19-15-11-7-8-12-16(15)22-18/h4-13H,3H2,1-2H3. The first-order valence-electron chi connectivity index (χ1n) is 7.57. The molecule has 0 spiro atoms. The third kappa shape index (κ3) is 3.40. The minimum Gasteiger partial charge on any atom is -0.431 e. The number of benzene rings is 2. The first-order chi connectivity index (χ1) is 11.2. The number of oxazole rings is 1. The molecule has 4 nitrogen and oxygen atoms in total. The van der Waals surface area contributed by atoms with Crippen LogP contribution in [0.1, 0.15) is 13.8 Å². The number of fused-ring (bicyclic) bond motifs is 1. The Bertz CT molecular complexity index is 768. The second-order valence-electron chi connectivity index (χ2n) is 5.13. The Labute approximate surface area is 139 Å². The highest BCUT2D eigenvalue weighted by Gasteiger charge is 2.23. The molecule has 1 aromatic heterocycles. The molecule has 118 valence electrons. The summed E-state index contributed by atoms with van der Waals surface area (Å²) in [5.41, 5.74) is 2.46. The molecule has 0 saturated carbocycles. The van der Waals surface area contributed by atoms with Crippen LogP contribution >= 0.6 is 11.8 Å². The molecular weight excluding hydrogens is 308 g/mol. The Morgan fingerprint density at radius 1 is 1.17 bits per heavy atom. The Morgan fingerprint density at radius 2 is 1.87 bits per heavy atom. The molecular formula is C18H18N2O2S. The van der Waals surface area contributed by atoms with E-state index in [0.29, 0.717) is 11.8 Å². The quantitative estimate of drug-likeness (QED) is 0.654. The zero-order valence-electron chi connectivity index (χ0n) is 13.1. The molecule has 0 saturated heterocycles. The van der Waals surface area contributed by atoms with E-state index in [0.717, 1.165) is 16.8 Å². The van der Waals surface area contributed by atoms with E-state index in [1.54, 1.807) is 4.90 Å². The first kappa shape index (κ1) is 15.6. The van der Waals surface area contributed by atoms with Crippen LogP contribution in [0.25, 0.3) is 11.1 Å². The normalized spacial score (nSPS) is 12.3. The highest BCUT2D eigenvalue weighted by atomic mass is 32.2. The number of carbonyl (C=O) groups is 1. The predicted octanol–water partition coefficient (Wildman–Crippen LogP) is 4.36. The highest BCUT2D eigenvalue weighted by Crippen LogP contribution is 2.28. The molecule has 3 aromatic rings. The van der Waals surface area contributed by atoms with Crippen molar-refractivity contribution in [3.63, 3.8) is 0 Å². The molecule has 1 atom stereocenters. The second kappa shape index (κ2) is 6.87. The van der Waals surface area contributed by atoms with Crippen LogP contribution < -0.4 is 4.90 Å². The number of hydrogen-bond acceptors (Lipinski definition) is 4. The Kier molecular flexibility index (Phi) is 4.67. The first-order valence-corrected chi connectivity index (χ1v) is 8.45. The zero-order valence-corrected chi connectivity index (χ0v) is 13.9. The molecule has 0 aliphatic heterocycles. The minimum atomic E-state index is -0.275. The lowest BCUT2D eigenvalue weighted by Crippen LogP contribution is -2.36. The van der Waals surface area contributed by atoms with E-state index >= 15 is 0 Å². The van der Waals surface area contributed by atoms with Crippen molar-refractivity contribution < 1.29 is 9.21 Å². The van der Waals surface area contributed by atoms with Crippen molar-refractivity contribution >= 4 is 34.5 Å². The van der Waals surface area contributed by atoms with E-state index in [1.807, 2.05) is 68.4 Å². The molecule has 0 N–H and O–H groups in total. The van der Waals surface area contributed by atoms with Gasteiger partial charge in [0.1, 0.15) is 5.52 Å². The van der Waals surface area contributed by atoms with Crippen molar-refractivity contribution in [1.82, 2.24) is 4.98 Å². The van der Waals surface area contributed by atoms with Gasteiger partial charge < -0.3 is 9.32 Å². The summed E-state index contributed by atoms with van der Waals surface area (Å²) in [6.07, 6.45) is 0. The van der Waals surface area contributed by atoms with Gasteiger partial charge in [-0.3, -0.25) is 4.79 Å². The van der Waals surface area contributed by atoms with Crippen LogP contribution in [0.2, 0.25) is 0 Å². The number of nitrogens with zero attached hydrogens (tertiary/aromatic N) is 2. The van der Waals surface area contributed by atoms with Crippen LogP contribution in [0, 0.1) is 0 Å². The minimum absolute atomic E-state index is 0.0472. The second-order valence-corrected chi connectivity index (χ2v) is 6.42. The molecule has 0 aliphatic carbocycles. The van der Waals surface area contributed by atoms with Gasteiger partial charge in [0.05, 0.1) is 5.25 Å². The van der Waals surface area contributed by atoms with Crippen molar-refractivity contribution in [3.05, 3.63) is 54.6 Å². The molecule has 0 aliphatic rings. The maximum atomic E-state index is 12.7. The summed E-state index contributed by atoms with van der Waals surface area (Å²) in [4.78, 5) is 18.9. The number of amides is 1. The van der Waals surface area contributed by atoms with Crippen LogP contribution in [0.15, 0.2) is 64.2 Å². The molecule has 23 heavy (non-hydrogen) atoms. The van der Waals surface area contributed by atoms with Crippen LogP contribution in [-0.4, -0.2) is 22.7 Å². The summed E-state index contributed by atoms with van der Waals surface area (Å²) in [5.74, 6) is 0.0472. The fraction of sp³-hybridized carbons (Fsp3) is 0.222. The summed E-state index contributed by atoms with van der Waals surface area (Å²) in [6.45, 7) is 4.48. The van der Waals surface area contributed by atoms with Crippen molar-refractivity contribution in [3.8, 4) is 0 Å². The van der Waals surface area contributed by atoms with Gasteiger partial charge in [-0.2, -0.15) is 0 Å². The van der Waals surface area contributed by atoms with Crippen LogP contribution in [0.3, 0.4) is 0 Å². The largest absolute Gasteiger partial charge is 0.431 e. The van der Waals surface area contributed by atoms with Gasteiger partial charge in [0.2, 0.25) is 5.91 Å². The van der Waals surface area contributed by atoms with Gasteiger partial charge >= 0.3 is 0 Å². The molecule has 0 radical (unpaired) electrons. The summed E-state index contributed by atoms with van der Waals surface area (Å²) in [6, 6.07) is 17.3. The third-order valence-corrected chi connectivity index (χ3v) is 4.48. The van der Waals surface area contributed by atoms with Gasteiger partial charge in [-0.1, -0.05) is 42.1 Å². The van der Waals surface area contributed by atoms with E-state index in [-0.39, 0.29) is 11.2 Å². The van der Waals surface area contributed by atoms with E-state index in [4.69, 9.17) is 4.42 Å². The summed E-state index contributed by atoms with van der Waals surface area (Å²) >= 11 is 1.35. The molecule has 0 bridgehead atoms. The molecule has 3 rings (SSSR count). The monoisotopic (exact) mass is 326 g/mol. The lowest BCUT2D eigenvalue weighted by molar-refractivity contribution is -0.117. The average Bonchev–Trinajstić information content (AvgIpc) is 2.98. The zero-order chi connectivity index (χ0) is 16.2. The van der Waals surface area contributed by atoms with Gasteiger partial charge in [-0.25, -0.2) is 4.98 Å². The molecule has 2 aromatic carbocycles. The van der Waals surface area contributed by atoms with E-state index in [2.05, 4.69) is 4.98 Å². The SMILES string of the molecule is CCN(C(=O)C(C)Sc1nc2ccccc2o1)c1ccccc1. The number of hydrogen-bond donors (Lipinski definition) is 0. The fourth-order valence-corrected chi connectivity index (χ4v) is 3.22. The Hall–Kier alpha value is -2.27. The smallest absolute Gasteiger partial charge is 0.257 e. The van der Waals surface area contributed by atoms with Crippen LogP contribution in [0.5, 0.6) is 0 Å². The molecule has 5 heteroatoms. The Balaban J connectivity index is 1.76. The summed E-state index contributed by atoms with van der Waals surface area (Å²) < 4.78 is 5.69. The highest BCUT2D eigenvalue weighted by molar-refractivity contribution is 8.00. The third-order valence-electron chi connectivity index (χ3n) is 3.55. The maximum absolute atomic E-state index is 12.7. The number of anilines is 1. The number of para-hydroxylation sites is 3. The number of rotatable bonds is 5. The van der Waals surface area contributed by atoms with Gasteiger partial charge in [0, 0.05) is 12.2 Å². The number of carbonyl (C=O) groups excluding carboxylic acids is 1. The Morgan fingerprint density at radius 3 is 2.57 bits per heavy atom.